The van der Waals surface area contributed by atoms with E-state index < -0.39 is 0 Å². The summed E-state index contributed by atoms with van der Waals surface area (Å²) in [6, 6.07) is 5.44. The minimum Gasteiger partial charge on any atom is -0.351 e. The maximum absolute atomic E-state index is 12.4. The monoisotopic (exact) mass is 364 g/mol. The highest BCUT2D eigenvalue weighted by atomic mass is 16.1. The molecule has 0 radical (unpaired) electrons. The number of fused-ring (bicyclic) bond motifs is 1. The molecule has 27 heavy (non-hydrogen) atoms. The van der Waals surface area contributed by atoms with Crippen molar-refractivity contribution >= 4 is 11.6 Å². The highest BCUT2D eigenvalue weighted by Crippen LogP contribution is 2.22. The van der Waals surface area contributed by atoms with Crippen molar-refractivity contribution in [1.82, 2.24) is 39.5 Å². The number of nitrogens with one attached hydrogen (secondary N) is 1. The van der Waals surface area contributed by atoms with Crippen LogP contribution in [-0.4, -0.2) is 46.6 Å². The summed E-state index contributed by atoms with van der Waals surface area (Å²) < 4.78 is 5.32. The van der Waals surface area contributed by atoms with Gasteiger partial charge in [-0.3, -0.25) is 14.2 Å². The van der Waals surface area contributed by atoms with Crippen molar-refractivity contribution in [3.63, 3.8) is 0 Å². The van der Waals surface area contributed by atoms with Gasteiger partial charge in [0.15, 0.2) is 11.3 Å². The lowest BCUT2D eigenvalue weighted by Gasteiger charge is -2.04. The molecule has 4 rings (SSSR count). The topological polar surface area (TPSA) is 94.9 Å². The van der Waals surface area contributed by atoms with Crippen LogP contribution in [0.1, 0.15) is 22.6 Å². The fourth-order valence-corrected chi connectivity index (χ4v) is 2.93. The van der Waals surface area contributed by atoms with E-state index in [0.717, 1.165) is 29.9 Å². The Hall–Kier alpha value is -3.49. The summed E-state index contributed by atoms with van der Waals surface area (Å²) in [5.74, 6) is -0.213. The van der Waals surface area contributed by atoms with Crippen LogP contribution in [-0.2, 0) is 13.6 Å². The predicted molar refractivity (Wildman–Crippen MR) is 99.1 cm³/mol. The molecule has 4 aromatic heterocycles. The van der Waals surface area contributed by atoms with Gasteiger partial charge in [0.05, 0.1) is 11.9 Å². The average Bonchev–Trinajstić information content (AvgIpc) is 3.40. The summed E-state index contributed by atoms with van der Waals surface area (Å²) in [7, 11) is 1.89. The van der Waals surface area contributed by atoms with Crippen LogP contribution in [0.2, 0.25) is 0 Å². The van der Waals surface area contributed by atoms with Gasteiger partial charge >= 0.3 is 0 Å². The number of rotatable bonds is 6. The summed E-state index contributed by atoms with van der Waals surface area (Å²) in [6.45, 7) is 3.30. The summed E-state index contributed by atoms with van der Waals surface area (Å²) in [6.07, 6.45) is 7.94. The maximum atomic E-state index is 12.4. The van der Waals surface area contributed by atoms with E-state index in [2.05, 4.69) is 25.6 Å². The fraction of sp³-hybridized carbons (Fsp3) is 0.278. The van der Waals surface area contributed by atoms with Crippen molar-refractivity contribution in [2.75, 3.05) is 6.54 Å². The van der Waals surface area contributed by atoms with Crippen molar-refractivity contribution in [2.24, 2.45) is 7.05 Å². The number of carbonyl (C=O) groups is 1. The van der Waals surface area contributed by atoms with Gasteiger partial charge in [-0.05, 0) is 25.5 Å². The molecule has 0 spiro atoms. The minimum absolute atomic E-state index is 0.213. The molecule has 0 atom stereocenters. The molecule has 0 unspecified atom stereocenters. The van der Waals surface area contributed by atoms with Crippen molar-refractivity contribution in [3.05, 3.63) is 54.4 Å². The number of nitrogens with zero attached hydrogens (tertiary/aromatic N) is 7. The van der Waals surface area contributed by atoms with E-state index in [-0.39, 0.29) is 5.91 Å². The highest BCUT2D eigenvalue weighted by molar-refractivity contribution is 5.93. The zero-order valence-corrected chi connectivity index (χ0v) is 15.2. The van der Waals surface area contributed by atoms with Crippen LogP contribution in [0.3, 0.4) is 0 Å². The zero-order valence-electron chi connectivity index (χ0n) is 15.2. The molecule has 1 amide bonds. The SMILES string of the molecule is Cc1c(-c2ccnc3cc(C(=O)NCCCn4cccn4)nn23)cnn1C. The van der Waals surface area contributed by atoms with Gasteiger partial charge in [-0.1, -0.05) is 0 Å². The van der Waals surface area contributed by atoms with Gasteiger partial charge < -0.3 is 5.32 Å². The van der Waals surface area contributed by atoms with Crippen LogP contribution in [0.5, 0.6) is 0 Å². The van der Waals surface area contributed by atoms with Crippen molar-refractivity contribution in [2.45, 2.75) is 19.9 Å². The van der Waals surface area contributed by atoms with Crippen LogP contribution in [0, 0.1) is 6.92 Å². The number of amides is 1. The fourth-order valence-electron chi connectivity index (χ4n) is 2.93. The number of hydrogen-bond donors (Lipinski definition) is 1. The highest BCUT2D eigenvalue weighted by Gasteiger charge is 2.16. The van der Waals surface area contributed by atoms with Crippen molar-refractivity contribution in [1.29, 1.82) is 0 Å². The van der Waals surface area contributed by atoms with Crippen LogP contribution in [0.15, 0.2) is 43.0 Å². The standard InChI is InChI=1S/C18H20N8O/c1-13-14(12-22-24(13)2)16-5-8-19-17-11-15(23-26(16)17)18(27)20-6-3-9-25-10-4-7-21-25/h4-5,7-8,10-12H,3,6,9H2,1-2H3,(H,20,27). The van der Waals surface area contributed by atoms with E-state index in [0.29, 0.717) is 17.9 Å². The molecule has 138 valence electrons. The molecule has 9 nitrogen and oxygen atoms in total. The Morgan fingerprint density at radius 3 is 2.89 bits per heavy atom. The first-order valence-corrected chi connectivity index (χ1v) is 8.73. The van der Waals surface area contributed by atoms with Gasteiger partial charge in [0, 0.05) is 56.1 Å². The van der Waals surface area contributed by atoms with Crippen molar-refractivity contribution in [3.8, 4) is 11.3 Å². The Labute approximate surface area is 155 Å². The second-order valence-corrected chi connectivity index (χ2v) is 6.28. The number of aromatic nitrogens is 7. The Morgan fingerprint density at radius 2 is 2.15 bits per heavy atom. The Bertz CT molecular complexity index is 1080. The molecule has 0 aliphatic heterocycles. The number of aryl methyl sites for hydroxylation is 2. The van der Waals surface area contributed by atoms with Gasteiger partial charge in [-0.15, -0.1) is 0 Å². The predicted octanol–water partition coefficient (Wildman–Crippen LogP) is 1.45. The quantitative estimate of drug-likeness (QED) is 0.523. The third kappa shape index (κ3) is 3.31. The van der Waals surface area contributed by atoms with Gasteiger partial charge in [-0.2, -0.15) is 15.3 Å². The van der Waals surface area contributed by atoms with E-state index in [9.17, 15) is 4.79 Å². The molecule has 4 heterocycles. The lowest BCUT2D eigenvalue weighted by atomic mass is 10.2. The van der Waals surface area contributed by atoms with E-state index in [1.54, 1.807) is 33.9 Å². The summed E-state index contributed by atoms with van der Waals surface area (Å²) in [5.41, 5.74) is 3.79. The Kier molecular flexibility index (Phi) is 4.41. The smallest absolute Gasteiger partial charge is 0.271 e. The van der Waals surface area contributed by atoms with Gasteiger partial charge in [0.25, 0.3) is 5.91 Å². The maximum Gasteiger partial charge on any atom is 0.271 e. The summed E-state index contributed by atoms with van der Waals surface area (Å²) in [5, 5.41) is 15.8. The summed E-state index contributed by atoms with van der Waals surface area (Å²) in [4.78, 5) is 16.8. The first-order valence-electron chi connectivity index (χ1n) is 8.73. The molecule has 1 N–H and O–H groups in total. The Morgan fingerprint density at radius 1 is 1.26 bits per heavy atom. The van der Waals surface area contributed by atoms with Crippen LogP contribution < -0.4 is 5.32 Å². The lowest BCUT2D eigenvalue weighted by Crippen LogP contribution is -2.25. The minimum atomic E-state index is -0.213. The molecule has 0 saturated carbocycles. The van der Waals surface area contributed by atoms with E-state index in [4.69, 9.17) is 0 Å². The molecular formula is C18H20N8O. The van der Waals surface area contributed by atoms with Crippen molar-refractivity contribution < 1.29 is 4.79 Å². The average molecular weight is 364 g/mol. The molecule has 0 aromatic carbocycles. The van der Waals surface area contributed by atoms with Gasteiger partial charge in [0.2, 0.25) is 0 Å². The molecule has 0 aliphatic carbocycles. The molecule has 0 saturated heterocycles. The second-order valence-electron chi connectivity index (χ2n) is 6.28. The largest absolute Gasteiger partial charge is 0.351 e. The van der Waals surface area contributed by atoms with Gasteiger partial charge in [0.1, 0.15) is 0 Å². The van der Waals surface area contributed by atoms with Crippen LogP contribution in [0.4, 0.5) is 0 Å². The molecule has 4 aromatic rings. The summed E-state index contributed by atoms with van der Waals surface area (Å²) >= 11 is 0. The second kappa shape index (κ2) is 7.02. The van der Waals surface area contributed by atoms with Crippen LogP contribution >= 0.6 is 0 Å². The van der Waals surface area contributed by atoms with Crippen LogP contribution in [0.25, 0.3) is 16.9 Å². The normalized spacial score (nSPS) is 11.2. The number of carbonyl (C=O) groups excluding carboxylic acids is 1. The van der Waals surface area contributed by atoms with E-state index in [1.807, 2.05) is 37.0 Å². The van der Waals surface area contributed by atoms with Gasteiger partial charge in [-0.25, -0.2) is 9.50 Å². The molecule has 0 bridgehead atoms. The first kappa shape index (κ1) is 17.0. The number of hydrogen-bond acceptors (Lipinski definition) is 5. The van der Waals surface area contributed by atoms with E-state index in [1.165, 1.54) is 0 Å². The Balaban J connectivity index is 1.50. The van der Waals surface area contributed by atoms with E-state index >= 15 is 0 Å². The molecular weight excluding hydrogens is 344 g/mol. The third-order valence-corrected chi connectivity index (χ3v) is 4.51. The first-order chi connectivity index (χ1) is 13.1. The zero-order chi connectivity index (χ0) is 18.8. The molecule has 0 aliphatic rings. The lowest BCUT2D eigenvalue weighted by molar-refractivity contribution is 0.0947. The third-order valence-electron chi connectivity index (χ3n) is 4.51. The molecule has 0 fully saturated rings. The molecule has 9 heteroatoms.